The third-order valence-electron chi connectivity index (χ3n) is 1.77. The SMILES string of the molecule is C=C(Cl)COc1ccccc1CCN. The van der Waals surface area contributed by atoms with Gasteiger partial charge in [0.15, 0.2) is 0 Å². The van der Waals surface area contributed by atoms with E-state index in [0.29, 0.717) is 18.2 Å². The molecule has 0 bridgehead atoms. The highest BCUT2D eigenvalue weighted by Gasteiger charge is 2.01. The molecule has 0 aliphatic rings. The summed E-state index contributed by atoms with van der Waals surface area (Å²) in [6.45, 7) is 4.51. The zero-order valence-electron chi connectivity index (χ0n) is 8.00. The van der Waals surface area contributed by atoms with Crippen molar-refractivity contribution in [2.45, 2.75) is 6.42 Å². The van der Waals surface area contributed by atoms with Crippen molar-refractivity contribution in [1.29, 1.82) is 0 Å². The monoisotopic (exact) mass is 211 g/mol. The molecule has 14 heavy (non-hydrogen) atoms. The maximum Gasteiger partial charge on any atom is 0.123 e. The number of benzene rings is 1. The van der Waals surface area contributed by atoms with E-state index in [0.717, 1.165) is 17.7 Å². The number of hydrogen-bond donors (Lipinski definition) is 1. The highest BCUT2D eigenvalue weighted by molar-refractivity contribution is 6.29. The summed E-state index contributed by atoms with van der Waals surface area (Å²) in [5, 5.41) is 0.493. The Kier molecular flexibility index (Phi) is 4.50. The van der Waals surface area contributed by atoms with Gasteiger partial charge in [0.05, 0.1) is 0 Å². The van der Waals surface area contributed by atoms with Gasteiger partial charge in [-0.15, -0.1) is 0 Å². The third-order valence-corrected chi connectivity index (χ3v) is 1.88. The predicted molar refractivity (Wildman–Crippen MR) is 59.7 cm³/mol. The fourth-order valence-electron chi connectivity index (χ4n) is 1.16. The van der Waals surface area contributed by atoms with Crippen LogP contribution in [0, 0.1) is 0 Å². The van der Waals surface area contributed by atoms with Crippen LogP contribution in [0.3, 0.4) is 0 Å². The van der Waals surface area contributed by atoms with Crippen molar-refractivity contribution in [2.24, 2.45) is 5.73 Å². The predicted octanol–water partition coefficient (Wildman–Crippen LogP) is 2.32. The fraction of sp³-hybridized carbons (Fsp3) is 0.273. The summed E-state index contributed by atoms with van der Waals surface area (Å²) in [5.41, 5.74) is 6.59. The molecule has 0 saturated heterocycles. The number of nitrogens with two attached hydrogens (primary N) is 1. The van der Waals surface area contributed by atoms with Gasteiger partial charge in [-0.05, 0) is 24.6 Å². The van der Waals surface area contributed by atoms with Gasteiger partial charge >= 0.3 is 0 Å². The van der Waals surface area contributed by atoms with Crippen molar-refractivity contribution in [2.75, 3.05) is 13.2 Å². The second kappa shape index (κ2) is 5.68. The lowest BCUT2D eigenvalue weighted by Crippen LogP contribution is -2.05. The van der Waals surface area contributed by atoms with Crippen LogP contribution in [-0.4, -0.2) is 13.2 Å². The van der Waals surface area contributed by atoms with Crippen LogP contribution in [0.4, 0.5) is 0 Å². The molecule has 0 aliphatic heterocycles. The molecule has 0 heterocycles. The molecule has 0 unspecified atom stereocenters. The molecule has 0 aromatic heterocycles. The lowest BCUT2D eigenvalue weighted by molar-refractivity contribution is 0.355. The van der Waals surface area contributed by atoms with Crippen LogP contribution in [0.2, 0.25) is 0 Å². The topological polar surface area (TPSA) is 35.2 Å². The zero-order chi connectivity index (χ0) is 10.4. The van der Waals surface area contributed by atoms with E-state index in [1.165, 1.54) is 0 Å². The van der Waals surface area contributed by atoms with Gasteiger partial charge in [0, 0.05) is 5.03 Å². The first-order valence-electron chi connectivity index (χ1n) is 4.48. The third kappa shape index (κ3) is 3.40. The molecule has 0 fully saturated rings. The number of para-hydroxylation sites is 1. The first-order valence-corrected chi connectivity index (χ1v) is 4.86. The number of rotatable bonds is 5. The molecule has 76 valence electrons. The molecule has 2 nitrogen and oxygen atoms in total. The molecule has 0 saturated carbocycles. The maximum absolute atomic E-state index is 5.61. The summed E-state index contributed by atoms with van der Waals surface area (Å²) < 4.78 is 5.46. The summed E-state index contributed by atoms with van der Waals surface area (Å²) in [7, 11) is 0. The van der Waals surface area contributed by atoms with Crippen molar-refractivity contribution in [1.82, 2.24) is 0 Å². The van der Waals surface area contributed by atoms with E-state index in [1.807, 2.05) is 24.3 Å². The molecule has 0 spiro atoms. The van der Waals surface area contributed by atoms with Crippen LogP contribution >= 0.6 is 11.6 Å². The molecule has 3 heteroatoms. The van der Waals surface area contributed by atoms with Crippen LogP contribution in [-0.2, 0) is 6.42 Å². The molecule has 1 aromatic rings. The van der Waals surface area contributed by atoms with E-state index in [4.69, 9.17) is 22.1 Å². The van der Waals surface area contributed by atoms with Crippen molar-refractivity contribution in [3.8, 4) is 5.75 Å². The normalized spacial score (nSPS) is 9.86. The average molecular weight is 212 g/mol. The lowest BCUT2D eigenvalue weighted by Gasteiger charge is -2.09. The summed E-state index contributed by atoms with van der Waals surface area (Å²) in [5.74, 6) is 0.833. The Morgan fingerprint density at radius 1 is 1.43 bits per heavy atom. The van der Waals surface area contributed by atoms with Gasteiger partial charge in [0.25, 0.3) is 0 Å². The first-order chi connectivity index (χ1) is 6.74. The molecular formula is C11H14ClNO. The number of halogens is 1. The van der Waals surface area contributed by atoms with Crippen molar-refractivity contribution in [3.63, 3.8) is 0 Å². The molecule has 2 N–H and O–H groups in total. The lowest BCUT2D eigenvalue weighted by atomic mass is 10.1. The Hall–Kier alpha value is -0.990. The average Bonchev–Trinajstić information content (AvgIpc) is 2.17. The summed E-state index contributed by atoms with van der Waals surface area (Å²) in [6.07, 6.45) is 0.810. The quantitative estimate of drug-likeness (QED) is 0.812. The summed E-state index contributed by atoms with van der Waals surface area (Å²) in [6, 6.07) is 7.80. The van der Waals surface area contributed by atoms with Crippen LogP contribution in [0.5, 0.6) is 5.75 Å². The second-order valence-corrected chi connectivity index (χ2v) is 3.49. The smallest absolute Gasteiger partial charge is 0.123 e. The molecule has 0 atom stereocenters. The Labute approximate surface area is 89.3 Å². The van der Waals surface area contributed by atoms with Crippen molar-refractivity contribution >= 4 is 11.6 Å². The van der Waals surface area contributed by atoms with Crippen molar-refractivity contribution < 1.29 is 4.74 Å². The van der Waals surface area contributed by atoms with Crippen molar-refractivity contribution in [3.05, 3.63) is 41.4 Å². The second-order valence-electron chi connectivity index (χ2n) is 2.95. The minimum absolute atomic E-state index is 0.336. The van der Waals surface area contributed by atoms with Crippen LogP contribution < -0.4 is 10.5 Å². The minimum Gasteiger partial charge on any atom is -0.488 e. The number of hydrogen-bond acceptors (Lipinski definition) is 2. The molecule has 1 rings (SSSR count). The molecule has 0 radical (unpaired) electrons. The number of ether oxygens (including phenoxy) is 1. The Morgan fingerprint density at radius 3 is 2.79 bits per heavy atom. The van der Waals surface area contributed by atoms with E-state index in [2.05, 4.69) is 6.58 Å². The van der Waals surface area contributed by atoms with Gasteiger partial charge in [0.2, 0.25) is 0 Å². The Balaban J connectivity index is 2.68. The van der Waals surface area contributed by atoms with Gasteiger partial charge in [-0.1, -0.05) is 36.4 Å². The largest absolute Gasteiger partial charge is 0.488 e. The molecule has 1 aromatic carbocycles. The van der Waals surface area contributed by atoms with Gasteiger partial charge < -0.3 is 10.5 Å². The van der Waals surface area contributed by atoms with Crippen LogP contribution in [0.15, 0.2) is 35.9 Å². The Morgan fingerprint density at radius 2 is 2.14 bits per heavy atom. The van der Waals surface area contributed by atoms with E-state index >= 15 is 0 Å². The standard InChI is InChI=1S/C11H14ClNO/c1-9(12)8-14-11-5-3-2-4-10(11)6-7-13/h2-5H,1,6-8,13H2. The van der Waals surface area contributed by atoms with Gasteiger partial charge in [-0.25, -0.2) is 0 Å². The summed E-state index contributed by atoms with van der Waals surface area (Å²) >= 11 is 5.61. The fourth-order valence-corrected chi connectivity index (χ4v) is 1.22. The Bertz CT molecular complexity index is 312. The van der Waals surface area contributed by atoms with E-state index in [9.17, 15) is 0 Å². The van der Waals surface area contributed by atoms with Crippen LogP contribution in [0.1, 0.15) is 5.56 Å². The molecule has 0 aliphatic carbocycles. The van der Waals surface area contributed by atoms with Gasteiger partial charge in [-0.2, -0.15) is 0 Å². The van der Waals surface area contributed by atoms with Gasteiger partial charge in [0.1, 0.15) is 12.4 Å². The van der Waals surface area contributed by atoms with E-state index < -0.39 is 0 Å². The zero-order valence-corrected chi connectivity index (χ0v) is 8.76. The summed E-state index contributed by atoms with van der Waals surface area (Å²) in [4.78, 5) is 0. The minimum atomic E-state index is 0.336. The molecule has 0 amide bonds. The highest BCUT2D eigenvalue weighted by atomic mass is 35.5. The van der Waals surface area contributed by atoms with Gasteiger partial charge in [-0.3, -0.25) is 0 Å². The first kappa shape index (κ1) is 11.1. The van der Waals surface area contributed by atoms with E-state index in [1.54, 1.807) is 0 Å². The highest BCUT2D eigenvalue weighted by Crippen LogP contribution is 2.18. The van der Waals surface area contributed by atoms with Crippen LogP contribution in [0.25, 0.3) is 0 Å². The maximum atomic E-state index is 5.61. The molecular weight excluding hydrogens is 198 g/mol. The van der Waals surface area contributed by atoms with E-state index in [-0.39, 0.29) is 0 Å².